The predicted molar refractivity (Wildman–Crippen MR) is 94.1 cm³/mol. The number of rotatable bonds is 2. The highest BCUT2D eigenvalue weighted by atomic mass is 32.1. The van der Waals surface area contributed by atoms with Crippen molar-refractivity contribution < 1.29 is 14.3 Å². The lowest BCUT2D eigenvalue weighted by Crippen LogP contribution is -2.34. The van der Waals surface area contributed by atoms with Crippen LogP contribution in [0.15, 0.2) is 24.3 Å². The maximum atomic E-state index is 12.5. The Morgan fingerprint density at radius 3 is 2.96 bits per heavy atom. The van der Waals surface area contributed by atoms with Gasteiger partial charge in [-0.2, -0.15) is 0 Å². The van der Waals surface area contributed by atoms with Gasteiger partial charge in [0.1, 0.15) is 5.75 Å². The molecule has 0 spiro atoms. The summed E-state index contributed by atoms with van der Waals surface area (Å²) in [5.41, 5.74) is 2.54. The lowest BCUT2D eigenvalue weighted by atomic mass is 9.99. The van der Waals surface area contributed by atoms with E-state index in [1.807, 2.05) is 6.07 Å². The summed E-state index contributed by atoms with van der Waals surface area (Å²) in [7, 11) is 0. The van der Waals surface area contributed by atoms with Gasteiger partial charge in [0.25, 0.3) is 11.8 Å². The zero-order valence-electron chi connectivity index (χ0n) is 13.3. The molecule has 2 heterocycles. The Kier molecular flexibility index (Phi) is 3.76. The van der Waals surface area contributed by atoms with E-state index in [9.17, 15) is 9.59 Å². The van der Waals surface area contributed by atoms with Crippen molar-refractivity contribution in [1.29, 1.82) is 0 Å². The number of carbonyl (C=O) groups excluding carboxylic acids is 2. The number of hydrogen-bond donors (Lipinski definition) is 2. The molecule has 2 amide bonds. The monoisotopic (exact) mass is 342 g/mol. The van der Waals surface area contributed by atoms with Gasteiger partial charge in [-0.1, -0.05) is 0 Å². The van der Waals surface area contributed by atoms with Crippen LogP contribution in [0.2, 0.25) is 0 Å². The number of thiophene rings is 1. The molecule has 0 fully saturated rings. The average Bonchev–Trinajstić information content (AvgIpc) is 3.00. The molecular weight excluding hydrogens is 324 g/mol. The van der Waals surface area contributed by atoms with Gasteiger partial charge in [0.2, 0.25) is 0 Å². The molecular formula is C18H18N2O3S. The molecule has 124 valence electrons. The lowest BCUT2D eigenvalue weighted by Gasteiger charge is -2.23. The average molecular weight is 342 g/mol. The van der Waals surface area contributed by atoms with E-state index in [2.05, 4.69) is 10.6 Å². The number of nitrogens with one attached hydrogen (secondary N) is 2. The summed E-state index contributed by atoms with van der Waals surface area (Å²) in [6, 6.07) is 7.29. The minimum Gasteiger partial charge on any atom is -0.479 e. The van der Waals surface area contributed by atoms with Crippen molar-refractivity contribution in [2.75, 3.05) is 10.6 Å². The van der Waals surface area contributed by atoms with E-state index >= 15 is 0 Å². The quantitative estimate of drug-likeness (QED) is 0.876. The molecule has 0 saturated carbocycles. The first kappa shape index (κ1) is 15.2. The van der Waals surface area contributed by atoms with Crippen molar-refractivity contribution in [3.63, 3.8) is 0 Å². The third-order valence-corrected chi connectivity index (χ3v) is 5.62. The van der Waals surface area contributed by atoms with Gasteiger partial charge in [-0.3, -0.25) is 9.59 Å². The summed E-state index contributed by atoms with van der Waals surface area (Å²) < 4.78 is 5.52. The molecule has 0 radical (unpaired) electrons. The van der Waals surface area contributed by atoms with Crippen molar-refractivity contribution in [3.05, 3.63) is 39.6 Å². The number of aryl methyl sites for hydroxylation is 2. The maximum Gasteiger partial charge on any atom is 0.265 e. The Labute approximate surface area is 144 Å². The van der Waals surface area contributed by atoms with Crippen LogP contribution in [0, 0.1) is 0 Å². The zero-order valence-corrected chi connectivity index (χ0v) is 14.2. The maximum absolute atomic E-state index is 12.5. The third-order valence-electron chi connectivity index (χ3n) is 4.39. The summed E-state index contributed by atoms with van der Waals surface area (Å²) in [5, 5.41) is 5.70. The van der Waals surface area contributed by atoms with Gasteiger partial charge in [-0.15, -0.1) is 11.3 Å². The van der Waals surface area contributed by atoms with Crippen LogP contribution >= 0.6 is 11.3 Å². The normalized spacial score (nSPS) is 18.9. The number of anilines is 2. The molecule has 2 N–H and O–H groups in total. The van der Waals surface area contributed by atoms with E-state index in [1.54, 1.807) is 36.5 Å². The summed E-state index contributed by atoms with van der Waals surface area (Å²) in [5.74, 6) is 0.328. The van der Waals surface area contributed by atoms with E-state index in [-0.39, 0.29) is 11.8 Å². The zero-order chi connectivity index (χ0) is 16.7. The summed E-state index contributed by atoms with van der Waals surface area (Å²) in [4.78, 5) is 26.3. The first-order chi connectivity index (χ1) is 11.6. The van der Waals surface area contributed by atoms with Crippen LogP contribution in [0.5, 0.6) is 5.75 Å². The van der Waals surface area contributed by atoms with E-state index in [1.165, 1.54) is 23.3 Å². The van der Waals surface area contributed by atoms with Crippen molar-refractivity contribution in [2.24, 2.45) is 0 Å². The molecule has 4 rings (SSSR count). The Morgan fingerprint density at radius 2 is 2.12 bits per heavy atom. The van der Waals surface area contributed by atoms with Crippen LogP contribution in [0.3, 0.4) is 0 Å². The smallest absolute Gasteiger partial charge is 0.265 e. The van der Waals surface area contributed by atoms with Crippen LogP contribution in [0.25, 0.3) is 0 Å². The van der Waals surface area contributed by atoms with Crippen molar-refractivity contribution >= 4 is 34.5 Å². The molecule has 0 bridgehead atoms. The number of ether oxygens (including phenoxy) is 1. The van der Waals surface area contributed by atoms with Gasteiger partial charge in [-0.05, 0) is 62.4 Å². The molecule has 1 aliphatic carbocycles. The fourth-order valence-electron chi connectivity index (χ4n) is 3.08. The van der Waals surface area contributed by atoms with Crippen molar-refractivity contribution in [2.45, 2.75) is 38.7 Å². The summed E-state index contributed by atoms with van der Waals surface area (Å²) in [6.45, 7) is 1.70. The highest BCUT2D eigenvalue weighted by Gasteiger charge is 2.24. The molecule has 5 nitrogen and oxygen atoms in total. The van der Waals surface area contributed by atoms with Gasteiger partial charge >= 0.3 is 0 Å². The van der Waals surface area contributed by atoms with E-state index in [0.717, 1.165) is 17.7 Å². The Bertz CT molecular complexity index is 804. The third kappa shape index (κ3) is 2.78. The van der Waals surface area contributed by atoms with Crippen LogP contribution < -0.4 is 15.4 Å². The Hall–Kier alpha value is -2.34. The molecule has 2 aromatic rings. The molecule has 1 aromatic heterocycles. The highest BCUT2D eigenvalue weighted by Crippen LogP contribution is 2.33. The second kappa shape index (κ2) is 5.94. The van der Waals surface area contributed by atoms with E-state index in [4.69, 9.17) is 4.74 Å². The molecule has 1 aliphatic heterocycles. The second-order valence-corrected chi connectivity index (χ2v) is 7.32. The van der Waals surface area contributed by atoms with E-state index < -0.39 is 6.10 Å². The molecule has 0 saturated heterocycles. The minimum atomic E-state index is -0.504. The summed E-state index contributed by atoms with van der Waals surface area (Å²) >= 11 is 1.59. The predicted octanol–water partition coefficient (Wildman–Crippen LogP) is 3.60. The molecule has 1 aromatic carbocycles. The molecule has 2 aliphatic rings. The summed E-state index contributed by atoms with van der Waals surface area (Å²) in [6.07, 6.45) is 4.05. The number of amides is 2. The number of carbonyl (C=O) groups is 2. The lowest BCUT2D eigenvalue weighted by molar-refractivity contribution is -0.122. The molecule has 1 atom stereocenters. The molecule has 24 heavy (non-hydrogen) atoms. The van der Waals surface area contributed by atoms with Crippen molar-refractivity contribution in [1.82, 2.24) is 0 Å². The number of benzene rings is 1. The Balaban J connectivity index is 1.53. The van der Waals surface area contributed by atoms with Gasteiger partial charge in [0, 0.05) is 10.6 Å². The molecule has 6 heteroatoms. The largest absolute Gasteiger partial charge is 0.479 e. The Morgan fingerprint density at radius 1 is 1.29 bits per heavy atom. The first-order valence-corrected chi connectivity index (χ1v) is 8.96. The number of fused-ring (bicyclic) bond motifs is 2. The van der Waals surface area contributed by atoms with Crippen LogP contribution in [0.1, 0.15) is 39.9 Å². The minimum absolute atomic E-state index is 0.106. The second-order valence-electron chi connectivity index (χ2n) is 6.18. The fourth-order valence-corrected chi connectivity index (χ4v) is 4.23. The van der Waals surface area contributed by atoms with Crippen LogP contribution in [-0.4, -0.2) is 17.9 Å². The van der Waals surface area contributed by atoms with Gasteiger partial charge in [-0.25, -0.2) is 0 Å². The van der Waals surface area contributed by atoms with E-state index in [0.29, 0.717) is 17.1 Å². The highest BCUT2D eigenvalue weighted by molar-refractivity contribution is 7.14. The standard InChI is InChI=1S/C18H18N2O3S/c1-10-17(21)20-13-9-12(6-7-14(13)23-10)19-18(22)16-8-11-4-2-3-5-15(11)24-16/h6-10H,2-5H2,1H3,(H,19,22)(H,20,21)/t10-/m0/s1. The van der Waals surface area contributed by atoms with Gasteiger partial charge < -0.3 is 15.4 Å². The van der Waals surface area contributed by atoms with Crippen LogP contribution in [-0.2, 0) is 17.6 Å². The van der Waals surface area contributed by atoms with Crippen molar-refractivity contribution in [3.8, 4) is 5.75 Å². The van der Waals surface area contributed by atoms with Gasteiger partial charge in [0.05, 0.1) is 10.6 Å². The topological polar surface area (TPSA) is 67.4 Å². The van der Waals surface area contributed by atoms with Crippen LogP contribution in [0.4, 0.5) is 11.4 Å². The molecule has 0 unspecified atom stereocenters. The fraction of sp³-hybridized carbons (Fsp3) is 0.333. The SMILES string of the molecule is C[C@@H]1Oc2ccc(NC(=O)c3cc4c(s3)CCCC4)cc2NC1=O. The first-order valence-electron chi connectivity index (χ1n) is 8.14. The number of hydrogen-bond acceptors (Lipinski definition) is 4. The van der Waals surface area contributed by atoms with Gasteiger partial charge in [0.15, 0.2) is 6.10 Å².